The van der Waals surface area contributed by atoms with Crippen LogP contribution in [0.3, 0.4) is 0 Å². The van der Waals surface area contributed by atoms with E-state index in [0.29, 0.717) is 39.6 Å². The lowest BCUT2D eigenvalue weighted by Gasteiger charge is -2.18. The molecule has 1 saturated heterocycles. The van der Waals surface area contributed by atoms with E-state index in [1.165, 1.54) is 14.2 Å². The third kappa shape index (κ3) is 4.24. The summed E-state index contributed by atoms with van der Waals surface area (Å²) in [7, 11) is 2.98. The molecule has 0 spiro atoms. The maximum Gasteiger partial charge on any atom is 0.229 e. The minimum Gasteiger partial charge on any atom is -0.495 e. The molecule has 1 aliphatic rings. The highest BCUT2D eigenvalue weighted by atomic mass is 35.5. The van der Waals surface area contributed by atoms with Gasteiger partial charge < -0.3 is 24.2 Å². The number of aromatic nitrogens is 2. The fraction of sp³-hybridized carbons (Fsp3) is 0.273. The molecule has 1 aromatic heterocycles. The summed E-state index contributed by atoms with van der Waals surface area (Å²) in [5.74, 6) is 0.743. The van der Waals surface area contributed by atoms with Gasteiger partial charge >= 0.3 is 0 Å². The average Bonchev–Trinajstić information content (AvgIpc) is 3.40. The lowest BCUT2D eigenvalue weighted by molar-refractivity contribution is -0.122. The lowest BCUT2D eigenvalue weighted by Crippen LogP contribution is -2.28. The normalized spacial score (nSPS) is 15.7. The second-order valence-corrected chi connectivity index (χ2v) is 7.68. The van der Waals surface area contributed by atoms with Gasteiger partial charge in [-0.15, -0.1) is 0 Å². The van der Waals surface area contributed by atoms with Crippen LogP contribution in [0.25, 0.3) is 11.4 Å². The maximum atomic E-state index is 12.9. The Hall–Kier alpha value is -3.59. The minimum atomic E-state index is -0.538. The van der Waals surface area contributed by atoms with Gasteiger partial charge in [-0.2, -0.15) is 4.98 Å². The van der Waals surface area contributed by atoms with Gasteiger partial charge in [0, 0.05) is 37.2 Å². The molecule has 0 unspecified atom stereocenters. The van der Waals surface area contributed by atoms with Gasteiger partial charge in [0.15, 0.2) is 0 Å². The number of nitrogens with one attached hydrogen (secondary N) is 1. The summed E-state index contributed by atoms with van der Waals surface area (Å²) >= 11 is 6.18. The van der Waals surface area contributed by atoms with Crippen molar-refractivity contribution in [2.24, 2.45) is 5.92 Å². The summed E-state index contributed by atoms with van der Waals surface area (Å²) < 4.78 is 15.5. The lowest BCUT2D eigenvalue weighted by atomic mass is 10.1. The van der Waals surface area contributed by atoms with E-state index in [1.807, 2.05) is 6.07 Å². The number of carbonyl (C=O) groups excluding carboxylic acids is 2. The number of carbonyl (C=O) groups is 2. The number of halogens is 1. The predicted molar refractivity (Wildman–Crippen MR) is 118 cm³/mol. The summed E-state index contributed by atoms with van der Waals surface area (Å²) in [4.78, 5) is 31.4. The number of nitrogens with zero attached hydrogens (tertiary/aromatic N) is 3. The van der Waals surface area contributed by atoms with Crippen molar-refractivity contribution in [1.29, 1.82) is 0 Å². The highest BCUT2D eigenvalue weighted by Crippen LogP contribution is 2.37. The van der Waals surface area contributed by atoms with E-state index in [0.717, 1.165) is 5.56 Å². The van der Waals surface area contributed by atoms with Crippen molar-refractivity contribution in [2.45, 2.75) is 13.3 Å². The third-order valence-corrected chi connectivity index (χ3v) is 5.47. The summed E-state index contributed by atoms with van der Waals surface area (Å²) in [6, 6.07) is 10.4. The first kappa shape index (κ1) is 21.6. The molecule has 2 aromatic carbocycles. The smallest absolute Gasteiger partial charge is 0.229 e. The Bertz CT molecular complexity index is 1180. The van der Waals surface area contributed by atoms with Gasteiger partial charge in [-0.1, -0.05) is 28.9 Å². The van der Waals surface area contributed by atoms with Gasteiger partial charge in [0.25, 0.3) is 0 Å². The van der Waals surface area contributed by atoms with E-state index in [4.69, 9.17) is 25.6 Å². The Kier molecular flexibility index (Phi) is 6.00. The van der Waals surface area contributed by atoms with Crippen LogP contribution in [-0.2, 0) is 9.59 Å². The van der Waals surface area contributed by atoms with E-state index in [2.05, 4.69) is 15.5 Å². The fourth-order valence-electron chi connectivity index (χ4n) is 3.55. The predicted octanol–water partition coefficient (Wildman–Crippen LogP) is 3.71. The minimum absolute atomic E-state index is 0.0869. The largest absolute Gasteiger partial charge is 0.495 e. The van der Waals surface area contributed by atoms with Crippen molar-refractivity contribution in [3.05, 3.63) is 47.3 Å². The van der Waals surface area contributed by atoms with Crippen LogP contribution in [0.15, 0.2) is 40.9 Å². The molecule has 1 atom stereocenters. The van der Waals surface area contributed by atoms with Gasteiger partial charge in [0.2, 0.25) is 23.5 Å². The average molecular weight is 457 g/mol. The molecule has 2 heterocycles. The fourth-order valence-corrected chi connectivity index (χ4v) is 3.80. The molecule has 0 bridgehead atoms. The van der Waals surface area contributed by atoms with Crippen LogP contribution in [0.5, 0.6) is 11.5 Å². The number of rotatable bonds is 6. The second-order valence-electron chi connectivity index (χ2n) is 7.27. The van der Waals surface area contributed by atoms with Gasteiger partial charge in [-0.3, -0.25) is 9.59 Å². The molecule has 0 aliphatic carbocycles. The van der Waals surface area contributed by atoms with E-state index < -0.39 is 5.92 Å². The van der Waals surface area contributed by atoms with Crippen molar-refractivity contribution in [3.63, 3.8) is 0 Å². The zero-order valence-electron chi connectivity index (χ0n) is 17.7. The summed E-state index contributed by atoms with van der Waals surface area (Å²) in [6.07, 6.45) is 0.0869. The number of benzene rings is 2. The molecule has 4 rings (SSSR count). The van der Waals surface area contributed by atoms with Crippen molar-refractivity contribution in [2.75, 3.05) is 31.0 Å². The highest BCUT2D eigenvalue weighted by molar-refractivity contribution is 6.32. The van der Waals surface area contributed by atoms with E-state index in [9.17, 15) is 9.59 Å². The highest BCUT2D eigenvalue weighted by Gasteiger charge is 2.35. The van der Waals surface area contributed by atoms with Gasteiger partial charge in [0.1, 0.15) is 11.5 Å². The van der Waals surface area contributed by atoms with Crippen LogP contribution in [0.4, 0.5) is 11.4 Å². The van der Waals surface area contributed by atoms with Crippen LogP contribution in [0.1, 0.15) is 12.3 Å². The zero-order chi connectivity index (χ0) is 22.8. The molecular weight excluding hydrogens is 436 g/mol. The summed E-state index contributed by atoms with van der Waals surface area (Å²) in [5, 5.41) is 7.06. The Morgan fingerprint density at radius 2 is 2.00 bits per heavy atom. The van der Waals surface area contributed by atoms with Crippen LogP contribution in [0.2, 0.25) is 5.02 Å². The quantitative estimate of drug-likeness (QED) is 0.602. The van der Waals surface area contributed by atoms with Crippen LogP contribution in [0, 0.1) is 12.8 Å². The van der Waals surface area contributed by atoms with Crippen molar-refractivity contribution < 1.29 is 23.6 Å². The number of amides is 2. The molecular formula is C22H21ClN4O5. The van der Waals surface area contributed by atoms with Gasteiger partial charge in [-0.25, -0.2) is 0 Å². The van der Waals surface area contributed by atoms with Crippen molar-refractivity contribution >= 4 is 34.8 Å². The molecule has 0 saturated carbocycles. The molecule has 9 nitrogen and oxygen atoms in total. The molecule has 1 aliphatic heterocycles. The van der Waals surface area contributed by atoms with Gasteiger partial charge in [0.05, 0.1) is 30.8 Å². The number of anilines is 2. The number of hydrogen-bond donors (Lipinski definition) is 1. The molecule has 3 aromatic rings. The molecule has 2 amide bonds. The monoisotopic (exact) mass is 456 g/mol. The van der Waals surface area contributed by atoms with E-state index in [-0.39, 0.29) is 24.8 Å². The second kappa shape index (κ2) is 8.88. The van der Waals surface area contributed by atoms with Crippen LogP contribution in [-0.4, -0.2) is 42.7 Å². The molecule has 1 N–H and O–H groups in total. The summed E-state index contributed by atoms with van der Waals surface area (Å²) in [5.41, 5.74) is 1.79. The Morgan fingerprint density at radius 1 is 1.22 bits per heavy atom. The van der Waals surface area contributed by atoms with Crippen LogP contribution < -0.4 is 19.7 Å². The topological polar surface area (TPSA) is 107 Å². The maximum absolute atomic E-state index is 12.9. The third-order valence-electron chi connectivity index (χ3n) is 5.17. The standard InChI is InChI=1S/C22H21ClN4O5/c1-12-24-21(26-32-12)13-5-4-6-15(7-13)27-11-14(8-20(27)28)22(29)25-17-9-16(23)18(30-2)10-19(17)31-3/h4-7,9-10,14H,8,11H2,1-3H3,(H,25,29)/t14-/m1/s1. The number of methoxy groups -OCH3 is 2. The molecule has 0 radical (unpaired) electrons. The van der Waals surface area contributed by atoms with Crippen molar-refractivity contribution in [3.8, 4) is 22.9 Å². The van der Waals surface area contributed by atoms with Crippen molar-refractivity contribution in [1.82, 2.24) is 10.1 Å². The number of hydrogen-bond acceptors (Lipinski definition) is 7. The van der Waals surface area contributed by atoms with Gasteiger partial charge in [-0.05, 0) is 18.2 Å². The SMILES string of the molecule is COc1cc(OC)c(NC(=O)[C@@H]2CC(=O)N(c3cccc(-c4noc(C)n4)c3)C2)cc1Cl. The van der Waals surface area contributed by atoms with E-state index in [1.54, 1.807) is 42.2 Å². The number of aryl methyl sites for hydroxylation is 1. The first-order valence-corrected chi connectivity index (χ1v) is 10.2. The number of ether oxygens (including phenoxy) is 2. The van der Waals surface area contributed by atoms with E-state index >= 15 is 0 Å². The first-order valence-electron chi connectivity index (χ1n) is 9.83. The Labute approximate surface area is 189 Å². The van der Waals surface area contributed by atoms with Crippen LogP contribution >= 0.6 is 11.6 Å². The zero-order valence-corrected chi connectivity index (χ0v) is 18.5. The first-order chi connectivity index (χ1) is 15.4. The molecule has 1 fully saturated rings. The summed E-state index contributed by atoms with van der Waals surface area (Å²) in [6.45, 7) is 1.95. The molecule has 10 heteroatoms. The Balaban J connectivity index is 1.51. The molecule has 166 valence electrons. The Morgan fingerprint density at radius 3 is 2.69 bits per heavy atom. The molecule has 32 heavy (non-hydrogen) atoms.